The number of hydrogen-bond acceptors (Lipinski definition) is 4. The van der Waals surface area contributed by atoms with E-state index in [9.17, 15) is 14.4 Å². The van der Waals surface area contributed by atoms with Gasteiger partial charge < -0.3 is 15.7 Å². The van der Waals surface area contributed by atoms with Crippen molar-refractivity contribution in [2.24, 2.45) is 5.73 Å². The smallest absolute Gasteiger partial charge is 0.303 e. The number of aliphatic carboxylic acids is 1. The van der Waals surface area contributed by atoms with Gasteiger partial charge in [-0.2, -0.15) is 11.8 Å². The molecule has 0 spiro atoms. The summed E-state index contributed by atoms with van der Waals surface area (Å²) in [6.07, 6.45) is 0.849. The fourth-order valence-corrected chi connectivity index (χ4v) is 1.78. The van der Waals surface area contributed by atoms with Crippen LogP contribution in [0.25, 0.3) is 0 Å². The molecule has 0 aliphatic carbocycles. The lowest BCUT2D eigenvalue weighted by Gasteiger charge is -2.16. The minimum Gasteiger partial charge on any atom is -0.481 e. The molecular weight excluding hydrogens is 244 g/mol. The Morgan fingerprint density at radius 3 is 2.47 bits per heavy atom. The highest BCUT2D eigenvalue weighted by atomic mass is 32.2. The third kappa shape index (κ3) is 9.68. The lowest BCUT2D eigenvalue weighted by Crippen LogP contribution is -2.28. The van der Waals surface area contributed by atoms with Gasteiger partial charge >= 0.3 is 5.97 Å². The van der Waals surface area contributed by atoms with Crippen LogP contribution in [0.1, 0.15) is 19.3 Å². The Morgan fingerprint density at radius 2 is 1.94 bits per heavy atom. The molecule has 0 aliphatic rings. The summed E-state index contributed by atoms with van der Waals surface area (Å²) in [5.41, 5.74) is 4.95. The van der Waals surface area contributed by atoms with E-state index in [0.29, 0.717) is 25.1 Å². The third-order valence-electron chi connectivity index (χ3n) is 2.01. The number of thioether (sulfide) groups is 1. The monoisotopic (exact) mass is 262 g/mol. The van der Waals surface area contributed by atoms with E-state index in [4.69, 9.17) is 10.8 Å². The molecule has 0 aromatic rings. The van der Waals surface area contributed by atoms with Gasteiger partial charge in [-0.05, 0) is 6.42 Å². The Balaban J connectivity index is 3.60. The van der Waals surface area contributed by atoms with E-state index in [-0.39, 0.29) is 18.1 Å². The predicted molar refractivity (Wildman–Crippen MR) is 65.6 cm³/mol. The maximum Gasteiger partial charge on any atom is 0.303 e. The molecule has 0 heterocycles. The zero-order chi connectivity index (χ0) is 13.3. The molecule has 0 atom stereocenters. The van der Waals surface area contributed by atoms with E-state index in [0.717, 1.165) is 0 Å². The zero-order valence-corrected chi connectivity index (χ0v) is 10.7. The number of nitrogens with zero attached hydrogens (tertiary/aromatic N) is 1. The number of carbonyl (C=O) groups excluding carboxylic acids is 2. The minimum absolute atomic E-state index is 0.0487. The number of carbonyl (C=O) groups is 3. The first kappa shape index (κ1) is 15.8. The summed E-state index contributed by atoms with van der Waals surface area (Å²) in [5.74, 6) is -0.534. The fourth-order valence-electron chi connectivity index (χ4n) is 1.12. The molecule has 0 aromatic heterocycles. The molecule has 0 aromatic carbocycles. The highest BCUT2D eigenvalue weighted by molar-refractivity contribution is 7.99. The van der Waals surface area contributed by atoms with Crippen molar-refractivity contribution in [3.8, 4) is 0 Å². The molecule has 2 amide bonds. The second-order valence-electron chi connectivity index (χ2n) is 3.58. The van der Waals surface area contributed by atoms with Gasteiger partial charge in [-0.1, -0.05) is 0 Å². The molecule has 3 N–H and O–H groups in total. The predicted octanol–water partition coefficient (Wildman–Crippen LogP) is -0.0818. The topological polar surface area (TPSA) is 101 Å². The highest BCUT2D eigenvalue weighted by Crippen LogP contribution is 2.04. The Bertz CT molecular complexity index is 283. The SMILES string of the molecule is CN(CCCC(=O)O)C(=O)CCSCC(N)=O. The van der Waals surface area contributed by atoms with Gasteiger partial charge in [0.1, 0.15) is 0 Å². The quantitative estimate of drug-likeness (QED) is 0.566. The second-order valence-corrected chi connectivity index (χ2v) is 4.69. The molecule has 0 rings (SSSR count). The number of carboxylic acid groups (broad SMARTS) is 1. The first-order chi connectivity index (χ1) is 7.93. The van der Waals surface area contributed by atoms with Crippen LogP contribution in [0.3, 0.4) is 0 Å². The Kier molecular flexibility index (Phi) is 8.21. The molecule has 6 nitrogen and oxygen atoms in total. The Labute approximate surface area is 105 Å². The van der Waals surface area contributed by atoms with Crippen molar-refractivity contribution in [1.82, 2.24) is 4.90 Å². The zero-order valence-electron chi connectivity index (χ0n) is 9.85. The number of rotatable bonds is 9. The summed E-state index contributed by atoms with van der Waals surface area (Å²) in [4.78, 5) is 33.7. The first-order valence-corrected chi connectivity index (χ1v) is 6.40. The van der Waals surface area contributed by atoms with E-state index in [1.807, 2.05) is 0 Å². The van der Waals surface area contributed by atoms with Crippen molar-refractivity contribution in [2.45, 2.75) is 19.3 Å². The van der Waals surface area contributed by atoms with Gasteiger partial charge in [0.05, 0.1) is 5.75 Å². The Hall–Kier alpha value is -1.24. The number of amides is 2. The van der Waals surface area contributed by atoms with Crippen LogP contribution in [-0.4, -0.2) is 52.9 Å². The average Bonchev–Trinajstić information content (AvgIpc) is 2.23. The van der Waals surface area contributed by atoms with E-state index in [1.165, 1.54) is 16.7 Å². The van der Waals surface area contributed by atoms with Crippen LogP contribution in [-0.2, 0) is 14.4 Å². The number of hydrogen-bond donors (Lipinski definition) is 2. The molecule has 0 bridgehead atoms. The molecule has 7 heteroatoms. The Morgan fingerprint density at radius 1 is 1.29 bits per heavy atom. The summed E-state index contributed by atoms with van der Waals surface area (Å²) in [5, 5.41) is 8.44. The van der Waals surface area contributed by atoms with Crippen LogP contribution in [0, 0.1) is 0 Å². The number of primary amides is 1. The molecule has 0 radical (unpaired) electrons. The fraction of sp³-hybridized carbons (Fsp3) is 0.700. The average molecular weight is 262 g/mol. The molecular formula is C10H18N2O4S. The van der Waals surface area contributed by atoms with Gasteiger partial charge in [-0.15, -0.1) is 0 Å². The van der Waals surface area contributed by atoms with Gasteiger partial charge in [0.25, 0.3) is 0 Å². The first-order valence-electron chi connectivity index (χ1n) is 5.25. The molecule has 0 aliphatic heterocycles. The van der Waals surface area contributed by atoms with Crippen molar-refractivity contribution < 1.29 is 19.5 Å². The van der Waals surface area contributed by atoms with Gasteiger partial charge in [0.15, 0.2) is 0 Å². The lowest BCUT2D eigenvalue weighted by molar-refractivity contribution is -0.138. The van der Waals surface area contributed by atoms with Crippen molar-refractivity contribution in [2.75, 3.05) is 25.1 Å². The van der Waals surface area contributed by atoms with Gasteiger partial charge in [0.2, 0.25) is 11.8 Å². The van der Waals surface area contributed by atoms with E-state index in [1.54, 1.807) is 7.05 Å². The summed E-state index contributed by atoms with van der Waals surface area (Å²) in [6.45, 7) is 0.436. The minimum atomic E-state index is -0.858. The van der Waals surface area contributed by atoms with E-state index < -0.39 is 11.9 Å². The maximum atomic E-state index is 11.5. The van der Waals surface area contributed by atoms with Crippen LogP contribution in [0.2, 0.25) is 0 Å². The van der Waals surface area contributed by atoms with Crippen LogP contribution >= 0.6 is 11.8 Å². The summed E-state index contributed by atoms with van der Waals surface area (Å²) in [7, 11) is 1.64. The van der Waals surface area contributed by atoms with Crippen LogP contribution in [0.5, 0.6) is 0 Å². The van der Waals surface area contributed by atoms with Crippen LogP contribution < -0.4 is 5.73 Å². The van der Waals surface area contributed by atoms with E-state index >= 15 is 0 Å². The third-order valence-corrected chi connectivity index (χ3v) is 3.00. The molecule has 0 fully saturated rings. The molecule has 0 saturated carbocycles. The van der Waals surface area contributed by atoms with Crippen molar-refractivity contribution in [1.29, 1.82) is 0 Å². The summed E-state index contributed by atoms with van der Waals surface area (Å²) >= 11 is 1.32. The number of carboxylic acids is 1. The van der Waals surface area contributed by atoms with Gasteiger partial charge in [-0.3, -0.25) is 14.4 Å². The standard InChI is InChI=1S/C10H18N2O4S/c1-12(5-2-3-10(15)16)9(14)4-6-17-7-8(11)13/h2-7H2,1H3,(H2,11,13)(H,15,16). The molecule has 0 saturated heterocycles. The van der Waals surface area contributed by atoms with Crippen LogP contribution in [0.15, 0.2) is 0 Å². The summed E-state index contributed by atoms with van der Waals surface area (Å²) in [6, 6.07) is 0. The van der Waals surface area contributed by atoms with Crippen molar-refractivity contribution in [3.05, 3.63) is 0 Å². The van der Waals surface area contributed by atoms with E-state index in [2.05, 4.69) is 0 Å². The maximum absolute atomic E-state index is 11.5. The normalized spacial score (nSPS) is 9.94. The van der Waals surface area contributed by atoms with Gasteiger partial charge in [0, 0.05) is 32.2 Å². The second kappa shape index (κ2) is 8.86. The highest BCUT2D eigenvalue weighted by Gasteiger charge is 2.09. The lowest BCUT2D eigenvalue weighted by atomic mass is 10.3. The number of nitrogens with two attached hydrogens (primary N) is 1. The van der Waals surface area contributed by atoms with Gasteiger partial charge in [-0.25, -0.2) is 0 Å². The van der Waals surface area contributed by atoms with Crippen LogP contribution in [0.4, 0.5) is 0 Å². The summed E-state index contributed by atoms with van der Waals surface area (Å²) < 4.78 is 0. The molecule has 0 unspecified atom stereocenters. The van der Waals surface area contributed by atoms with Crippen molar-refractivity contribution in [3.63, 3.8) is 0 Å². The largest absolute Gasteiger partial charge is 0.481 e. The van der Waals surface area contributed by atoms with Crippen molar-refractivity contribution >= 4 is 29.5 Å². The molecule has 98 valence electrons. The molecule has 17 heavy (non-hydrogen) atoms.